The maximum absolute atomic E-state index is 11.6. The van der Waals surface area contributed by atoms with Crippen LogP contribution in [0.3, 0.4) is 0 Å². The first-order valence-corrected chi connectivity index (χ1v) is 5.44. The molecule has 0 aliphatic heterocycles. The molecule has 0 amide bonds. The van der Waals surface area contributed by atoms with Crippen LogP contribution in [0, 0.1) is 5.41 Å². The molecule has 0 saturated carbocycles. The van der Waals surface area contributed by atoms with Crippen molar-refractivity contribution >= 4 is 17.1 Å². The predicted molar refractivity (Wildman–Crippen MR) is 57.1 cm³/mol. The van der Waals surface area contributed by atoms with Crippen LogP contribution in [0.4, 0.5) is 0 Å². The zero-order chi connectivity index (χ0) is 9.90. The smallest absolute Gasteiger partial charge is 0.138 e. The first-order valence-electron chi connectivity index (χ1n) is 4.56. The molecule has 13 heavy (non-hydrogen) atoms. The van der Waals surface area contributed by atoms with Crippen LogP contribution >= 0.6 is 11.3 Å². The minimum atomic E-state index is -0.183. The summed E-state index contributed by atoms with van der Waals surface area (Å²) >= 11 is 1.72. The molecule has 0 saturated heterocycles. The number of ketones is 1. The number of hydrogen-bond donors (Lipinski definition) is 0. The maximum atomic E-state index is 11.6. The van der Waals surface area contributed by atoms with Crippen molar-refractivity contribution in [2.75, 3.05) is 0 Å². The third-order valence-corrected chi connectivity index (χ3v) is 2.95. The summed E-state index contributed by atoms with van der Waals surface area (Å²) in [7, 11) is 0. The number of rotatable bonds is 3. The Morgan fingerprint density at radius 2 is 2.15 bits per heavy atom. The maximum Gasteiger partial charge on any atom is 0.138 e. The number of thiophene rings is 1. The van der Waals surface area contributed by atoms with Gasteiger partial charge in [-0.25, -0.2) is 0 Å². The number of aryl methyl sites for hydroxylation is 1. The van der Waals surface area contributed by atoms with Gasteiger partial charge in [-0.05, 0) is 17.9 Å². The molecule has 0 atom stereocenters. The van der Waals surface area contributed by atoms with Crippen LogP contribution in [0.1, 0.15) is 32.1 Å². The van der Waals surface area contributed by atoms with E-state index in [1.165, 1.54) is 4.88 Å². The molecule has 0 bridgehead atoms. The quantitative estimate of drug-likeness (QED) is 0.725. The summed E-state index contributed by atoms with van der Waals surface area (Å²) in [5, 5.41) is 2.05. The molecule has 0 spiro atoms. The van der Waals surface area contributed by atoms with Gasteiger partial charge in [0.15, 0.2) is 0 Å². The molecular weight excluding hydrogens is 180 g/mol. The SMILES string of the molecule is CC(C)(C)C(=O)CCc1cccs1. The molecule has 1 nitrogen and oxygen atoms in total. The van der Waals surface area contributed by atoms with Crippen molar-refractivity contribution in [3.8, 4) is 0 Å². The fourth-order valence-corrected chi connectivity index (χ4v) is 1.78. The summed E-state index contributed by atoms with van der Waals surface area (Å²) in [6.45, 7) is 5.93. The van der Waals surface area contributed by atoms with E-state index in [0.29, 0.717) is 12.2 Å². The summed E-state index contributed by atoms with van der Waals surface area (Å²) in [5.41, 5.74) is -0.183. The second-order valence-corrected chi connectivity index (χ2v) is 5.28. The van der Waals surface area contributed by atoms with Crippen molar-refractivity contribution < 1.29 is 4.79 Å². The van der Waals surface area contributed by atoms with E-state index in [-0.39, 0.29) is 5.41 Å². The molecule has 1 heterocycles. The standard InChI is InChI=1S/C11H16OS/c1-11(2,3)10(12)7-6-9-5-4-8-13-9/h4-5,8H,6-7H2,1-3H3. The van der Waals surface area contributed by atoms with Gasteiger partial charge in [0, 0.05) is 16.7 Å². The van der Waals surface area contributed by atoms with E-state index in [2.05, 4.69) is 11.4 Å². The van der Waals surface area contributed by atoms with Crippen molar-refractivity contribution in [2.45, 2.75) is 33.6 Å². The van der Waals surface area contributed by atoms with E-state index in [4.69, 9.17) is 0 Å². The van der Waals surface area contributed by atoms with Gasteiger partial charge in [-0.3, -0.25) is 4.79 Å². The second-order valence-electron chi connectivity index (χ2n) is 4.25. The molecule has 0 aliphatic rings. The molecule has 0 aliphatic carbocycles. The molecular formula is C11H16OS. The van der Waals surface area contributed by atoms with E-state index in [1.807, 2.05) is 26.8 Å². The largest absolute Gasteiger partial charge is 0.299 e. The molecule has 0 aromatic carbocycles. The van der Waals surface area contributed by atoms with Crippen LogP contribution in [-0.2, 0) is 11.2 Å². The van der Waals surface area contributed by atoms with Crippen molar-refractivity contribution in [2.24, 2.45) is 5.41 Å². The Morgan fingerprint density at radius 1 is 1.46 bits per heavy atom. The van der Waals surface area contributed by atoms with Crippen LogP contribution in [-0.4, -0.2) is 5.78 Å². The summed E-state index contributed by atoms with van der Waals surface area (Å²) in [6.07, 6.45) is 1.57. The highest BCUT2D eigenvalue weighted by atomic mass is 32.1. The number of carbonyl (C=O) groups excluding carboxylic acids is 1. The highest BCUT2D eigenvalue weighted by molar-refractivity contribution is 7.09. The van der Waals surface area contributed by atoms with E-state index < -0.39 is 0 Å². The zero-order valence-corrected chi connectivity index (χ0v) is 9.28. The third-order valence-electron chi connectivity index (χ3n) is 2.02. The van der Waals surface area contributed by atoms with Crippen LogP contribution in [0.2, 0.25) is 0 Å². The summed E-state index contributed by atoms with van der Waals surface area (Å²) in [6, 6.07) is 4.11. The van der Waals surface area contributed by atoms with Crippen LogP contribution in [0.15, 0.2) is 17.5 Å². The molecule has 1 aromatic rings. The van der Waals surface area contributed by atoms with Crippen LogP contribution < -0.4 is 0 Å². The first-order chi connectivity index (χ1) is 6.00. The normalized spacial score (nSPS) is 11.6. The van der Waals surface area contributed by atoms with Gasteiger partial charge in [0.2, 0.25) is 0 Å². The Bertz CT molecular complexity index is 267. The van der Waals surface area contributed by atoms with Crippen molar-refractivity contribution in [1.29, 1.82) is 0 Å². The van der Waals surface area contributed by atoms with Gasteiger partial charge in [0.05, 0.1) is 0 Å². The highest BCUT2D eigenvalue weighted by Gasteiger charge is 2.20. The molecule has 0 unspecified atom stereocenters. The van der Waals surface area contributed by atoms with E-state index in [1.54, 1.807) is 11.3 Å². The van der Waals surface area contributed by atoms with Gasteiger partial charge >= 0.3 is 0 Å². The van der Waals surface area contributed by atoms with Gasteiger partial charge < -0.3 is 0 Å². The summed E-state index contributed by atoms with van der Waals surface area (Å²) in [5.74, 6) is 0.348. The van der Waals surface area contributed by atoms with Crippen LogP contribution in [0.25, 0.3) is 0 Å². The third kappa shape index (κ3) is 3.31. The van der Waals surface area contributed by atoms with Gasteiger partial charge in [0.1, 0.15) is 5.78 Å². The van der Waals surface area contributed by atoms with Crippen molar-refractivity contribution in [1.82, 2.24) is 0 Å². The lowest BCUT2D eigenvalue weighted by Crippen LogP contribution is -2.20. The Hall–Kier alpha value is -0.630. The number of Topliss-reactive ketones (excluding diaryl/α,β-unsaturated/α-hetero) is 1. The Morgan fingerprint density at radius 3 is 2.62 bits per heavy atom. The van der Waals surface area contributed by atoms with Gasteiger partial charge in [0.25, 0.3) is 0 Å². The van der Waals surface area contributed by atoms with Gasteiger partial charge in [-0.2, -0.15) is 0 Å². The molecule has 0 radical (unpaired) electrons. The molecule has 0 N–H and O–H groups in total. The Labute approximate surface area is 83.8 Å². The minimum Gasteiger partial charge on any atom is -0.299 e. The fourth-order valence-electron chi connectivity index (χ4n) is 1.07. The molecule has 2 heteroatoms. The first kappa shape index (κ1) is 10.5. The second kappa shape index (κ2) is 4.05. The van der Waals surface area contributed by atoms with E-state index in [0.717, 1.165) is 6.42 Å². The topological polar surface area (TPSA) is 17.1 Å². The molecule has 1 rings (SSSR count). The van der Waals surface area contributed by atoms with Gasteiger partial charge in [-0.1, -0.05) is 26.8 Å². The Balaban J connectivity index is 2.40. The van der Waals surface area contributed by atoms with Crippen LogP contribution in [0.5, 0.6) is 0 Å². The fraction of sp³-hybridized carbons (Fsp3) is 0.545. The highest BCUT2D eigenvalue weighted by Crippen LogP contribution is 2.19. The monoisotopic (exact) mass is 196 g/mol. The lowest BCUT2D eigenvalue weighted by Gasteiger charge is -2.15. The van der Waals surface area contributed by atoms with Crippen molar-refractivity contribution in [3.05, 3.63) is 22.4 Å². The molecule has 0 fully saturated rings. The number of hydrogen-bond acceptors (Lipinski definition) is 2. The average molecular weight is 196 g/mol. The number of carbonyl (C=O) groups is 1. The average Bonchev–Trinajstić information content (AvgIpc) is 2.50. The van der Waals surface area contributed by atoms with E-state index in [9.17, 15) is 4.79 Å². The van der Waals surface area contributed by atoms with Crippen molar-refractivity contribution in [3.63, 3.8) is 0 Å². The minimum absolute atomic E-state index is 0.183. The summed E-state index contributed by atoms with van der Waals surface area (Å²) in [4.78, 5) is 12.9. The zero-order valence-electron chi connectivity index (χ0n) is 8.46. The molecule has 72 valence electrons. The lowest BCUT2D eigenvalue weighted by atomic mass is 9.88. The Kier molecular flexibility index (Phi) is 3.26. The lowest BCUT2D eigenvalue weighted by molar-refractivity contribution is -0.126. The van der Waals surface area contributed by atoms with E-state index >= 15 is 0 Å². The van der Waals surface area contributed by atoms with Gasteiger partial charge in [-0.15, -0.1) is 11.3 Å². The summed E-state index contributed by atoms with van der Waals surface area (Å²) < 4.78 is 0. The molecule has 1 aromatic heterocycles. The predicted octanol–water partition coefficient (Wildman–Crippen LogP) is 3.30.